The molecule has 0 fully saturated rings. The van der Waals surface area contributed by atoms with Crippen LogP contribution in [0.5, 0.6) is 0 Å². The molecule has 23 heavy (non-hydrogen) atoms. The number of rotatable bonds is 16. The second kappa shape index (κ2) is 16.2. The first-order valence-corrected chi connectivity index (χ1v) is 11.1. The number of hydrogen-bond acceptors (Lipinski definition) is 2. The summed E-state index contributed by atoms with van der Waals surface area (Å²) in [4.78, 5) is 0. The molecule has 0 heterocycles. The molecule has 0 saturated heterocycles. The van der Waals surface area contributed by atoms with E-state index in [0.717, 1.165) is 13.1 Å². The largest absolute Gasteiger partial charge is 0.486 e. The summed E-state index contributed by atoms with van der Waals surface area (Å²) in [5.74, 6) is 0. The monoisotopic (exact) mass is 377 g/mol. The molecule has 0 unspecified atom stereocenters. The van der Waals surface area contributed by atoms with Gasteiger partial charge in [-0.3, -0.25) is 0 Å². The van der Waals surface area contributed by atoms with Crippen molar-refractivity contribution in [3.63, 3.8) is 0 Å². The molecular weight excluding hydrogens is 338 g/mol. The molecule has 0 aliphatic rings. The minimum Gasteiger partial charge on any atom is -0.486 e. The van der Waals surface area contributed by atoms with Gasteiger partial charge in [0.1, 0.15) is 0 Å². The quantitative estimate of drug-likeness (QED) is 0.101. The van der Waals surface area contributed by atoms with Gasteiger partial charge in [0.05, 0.1) is 13.1 Å². The molecule has 0 saturated carbocycles. The Kier molecular flexibility index (Phi) is 16.8. The average molecular weight is 378 g/mol. The zero-order valence-corrected chi connectivity index (χ0v) is 18.1. The van der Waals surface area contributed by atoms with Crippen LogP contribution in [-0.2, 0) is 12.8 Å². The van der Waals surface area contributed by atoms with Crippen LogP contribution in [0.25, 0.3) is 0 Å². The molecule has 0 rings (SSSR count). The number of thiol groups is 1. The molecule has 0 aliphatic heterocycles. The Morgan fingerprint density at radius 2 is 1.00 bits per heavy atom. The summed E-state index contributed by atoms with van der Waals surface area (Å²) in [7, 11) is 0. The lowest BCUT2D eigenvalue weighted by atomic mass is 10.1. The van der Waals surface area contributed by atoms with Crippen molar-refractivity contribution in [3.05, 3.63) is 0 Å². The van der Waals surface area contributed by atoms with Crippen molar-refractivity contribution in [2.75, 3.05) is 13.1 Å². The lowest BCUT2D eigenvalue weighted by molar-refractivity contribution is -0.691. The molecule has 0 aliphatic carbocycles. The van der Waals surface area contributed by atoms with Gasteiger partial charge in [-0.2, -0.15) is 0 Å². The van der Waals surface area contributed by atoms with E-state index < -0.39 is 0 Å². The first-order valence-electron chi connectivity index (χ1n) is 9.88. The third kappa shape index (κ3) is 13.7. The van der Waals surface area contributed by atoms with Gasteiger partial charge < -0.3 is 16.7 Å². The number of thiocarbonyl (C=S) groups is 1. The highest BCUT2D eigenvalue weighted by Crippen LogP contribution is 2.17. The van der Waals surface area contributed by atoms with Gasteiger partial charge in [0, 0.05) is 0 Å². The topological polar surface area (TPSA) is 0 Å². The molecule has 0 spiro atoms. The van der Waals surface area contributed by atoms with Crippen LogP contribution in [0.15, 0.2) is 0 Å². The van der Waals surface area contributed by atoms with Crippen LogP contribution in [0, 0.1) is 0 Å². The van der Waals surface area contributed by atoms with Gasteiger partial charge in [-0.1, -0.05) is 90.7 Å². The molecular formula is C19H39NS3. The molecule has 138 valence electrons. The van der Waals surface area contributed by atoms with E-state index in [1.807, 2.05) is 0 Å². The fourth-order valence-corrected chi connectivity index (χ4v) is 3.59. The Balaban J connectivity index is 3.77. The van der Waals surface area contributed by atoms with Crippen LogP contribution >= 0.6 is 24.8 Å². The van der Waals surface area contributed by atoms with Crippen molar-refractivity contribution in [1.82, 2.24) is 0 Å². The van der Waals surface area contributed by atoms with Crippen LogP contribution < -0.4 is 0 Å². The van der Waals surface area contributed by atoms with Crippen molar-refractivity contribution in [2.45, 2.75) is 104 Å². The van der Waals surface area contributed by atoms with Gasteiger partial charge >= 0.3 is 0 Å². The van der Waals surface area contributed by atoms with Crippen LogP contribution in [0.3, 0.4) is 0 Å². The minimum absolute atomic E-state index is 0.475. The zero-order chi connectivity index (χ0) is 17.4. The lowest BCUT2D eigenvalue weighted by Gasteiger charge is -2.42. The molecule has 0 aromatic heterocycles. The maximum atomic E-state index is 5.78. The summed E-state index contributed by atoms with van der Waals surface area (Å²) < 4.78 is 1.17. The molecule has 0 amide bonds. The Hall–Kier alpha value is 0.750. The van der Waals surface area contributed by atoms with E-state index in [2.05, 4.69) is 26.5 Å². The summed E-state index contributed by atoms with van der Waals surface area (Å²) in [5.41, 5.74) is 0. The molecule has 0 atom stereocenters. The van der Waals surface area contributed by atoms with Gasteiger partial charge in [0.2, 0.25) is 4.32 Å². The fourth-order valence-electron chi connectivity index (χ4n) is 2.95. The number of nitrogens with zero attached hydrogens (tertiary/aromatic N) is 1. The summed E-state index contributed by atoms with van der Waals surface area (Å²) in [6.07, 6.45) is 18.5. The third-order valence-electron chi connectivity index (χ3n) is 4.59. The molecule has 0 N–H and O–H groups in total. The SMILES string of the molecule is CCCCCCCCC[N+]([S-])(CCCCCCCCC)C(=S)S. The van der Waals surface area contributed by atoms with E-state index in [-0.39, 0.29) is 0 Å². The normalized spacial score (nSPS) is 11.8. The summed E-state index contributed by atoms with van der Waals surface area (Å²) in [5, 5.41) is 0. The zero-order valence-electron chi connectivity index (χ0n) is 15.5. The third-order valence-corrected chi connectivity index (χ3v) is 6.13. The van der Waals surface area contributed by atoms with Crippen molar-refractivity contribution in [1.29, 1.82) is 0 Å². The predicted octanol–water partition coefficient (Wildman–Crippen LogP) is 6.98. The molecule has 0 radical (unpaired) electrons. The maximum absolute atomic E-state index is 5.78. The fraction of sp³-hybridized carbons (Fsp3) is 0.947. The molecule has 0 aromatic carbocycles. The Morgan fingerprint density at radius 1 is 0.696 bits per heavy atom. The minimum atomic E-state index is 0.475. The average Bonchev–Trinajstić information content (AvgIpc) is 2.53. The highest BCUT2D eigenvalue weighted by molar-refractivity contribution is 8.10. The van der Waals surface area contributed by atoms with Crippen LogP contribution in [-0.4, -0.2) is 21.3 Å². The molecule has 0 bridgehead atoms. The van der Waals surface area contributed by atoms with E-state index in [0.29, 0.717) is 8.21 Å². The van der Waals surface area contributed by atoms with Crippen LogP contribution in [0.2, 0.25) is 0 Å². The maximum Gasteiger partial charge on any atom is 0.212 e. The van der Waals surface area contributed by atoms with Crippen molar-refractivity contribution in [3.8, 4) is 0 Å². The van der Waals surface area contributed by atoms with E-state index in [9.17, 15) is 0 Å². The van der Waals surface area contributed by atoms with E-state index in [1.165, 1.54) is 89.9 Å². The van der Waals surface area contributed by atoms with E-state index >= 15 is 0 Å². The summed E-state index contributed by atoms with van der Waals surface area (Å²) >= 11 is 15.5. The van der Waals surface area contributed by atoms with Gasteiger partial charge in [-0.25, -0.2) is 0 Å². The second-order valence-electron chi connectivity index (χ2n) is 6.86. The van der Waals surface area contributed by atoms with Gasteiger partial charge in [0.25, 0.3) is 0 Å². The highest BCUT2D eigenvalue weighted by atomic mass is 32.1. The van der Waals surface area contributed by atoms with Gasteiger partial charge in [0.15, 0.2) is 0 Å². The molecule has 1 nitrogen and oxygen atoms in total. The molecule has 0 aromatic rings. The van der Waals surface area contributed by atoms with Crippen molar-refractivity contribution < 1.29 is 3.89 Å². The summed E-state index contributed by atoms with van der Waals surface area (Å²) in [6.45, 7) is 6.50. The van der Waals surface area contributed by atoms with Crippen molar-refractivity contribution >= 4 is 42.0 Å². The second-order valence-corrected chi connectivity index (χ2v) is 8.67. The summed E-state index contributed by atoms with van der Waals surface area (Å²) in [6, 6.07) is 0. The standard InChI is InChI=1S/C19H39NS3/c1-3-5-7-9-11-13-15-17-20(23,19(21)22)18-16-14-12-10-8-6-4-2/h3-18H2,1-2H3,(H,21,22). The van der Waals surface area contributed by atoms with E-state index in [4.69, 9.17) is 25.0 Å². The van der Waals surface area contributed by atoms with E-state index in [1.54, 1.807) is 0 Å². The van der Waals surface area contributed by atoms with Crippen LogP contribution in [0.4, 0.5) is 0 Å². The van der Waals surface area contributed by atoms with Crippen molar-refractivity contribution in [2.24, 2.45) is 0 Å². The molecule has 4 heteroatoms. The number of quaternary nitrogens is 1. The Morgan fingerprint density at radius 3 is 1.30 bits per heavy atom. The smallest absolute Gasteiger partial charge is 0.212 e. The Labute approximate surface area is 162 Å². The van der Waals surface area contributed by atoms with Crippen LogP contribution in [0.1, 0.15) is 104 Å². The lowest BCUT2D eigenvalue weighted by Crippen LogP contribution is -2.46. The number of hydrogen-bond donors (Lipinski definition) is 1. The predicted molar refractivity (Wildman–Crippen MR) is 115 cm³/mol. The number of unbranched alkanes of at least 4 members (excludes halogenated alkanes) is 12. The first kappa shape index (κ1) is 23.8. The Bertz CT molecular complexity index is 264. The highest BCUT2D eigenvalue weighted by Gasteiger charge is 2.17. The van der Waals surface area contributed by atoms with Gasteiger partial charge in [-0.15, -0.1) is 0 Å². The van der Waals surface area contributed by atoms with Gasteiger partial charge in [-0.05, 0) is 37.9 Å². The first-order chi connectivity index (χ1) is 11.1.